The zero-order valence-corrected chi connectivity index (χ0v) is 10.5. The lowest BCUT2D eigenvalue weighted by Crippen LogP contribution is -2.24. The van der Waals surface area contributed by atoms with E-state index >= 15 is 0 Å². The summed E-state index contributed by atoms with van der Waals surface area (Å²) in [5.74, 6) is 4.37. The highest BCUT2D eigenvalue weighted by atomic mass is 32.2. The monoisotopic (exact) mass is 215 g/mol. The summed E-state index contributed by atoms with van der Waals surface area (Å²) in [6, 6.07) is 0.513. The van der Waals surface area contributed by atoms with Crippen LogP contribution in [-0.2, 0) is 0 Å². The lowest BCUT2D eigenvalue weighted by atomic mass is 10.0. The Morgan fingerprint density at radius 1 is 1.43 bits per heavy atom. The van der Waals surface area contributed by atoms with E-state index in [1.165, 1.54) is 43.6 Å². The molecule has 1 rings (SSSR count). The van der Waals surface area contributed by atoms with E-state index in [0.29, 0.717) is 6.04 Å². The molecule has 0 amide bonds. The fraction of sp³-hybridized carbons (Fsp3) is 1.00. The third kappa shape index (κ3) is 4.22. The first kappa shape index (κ1) is 12.4. The van der Waals surface area contributed by atoms with Gasteiger partial charge in [0.15, 0.2) is 0 Å². The minimum Gasteiger partial charge on any atom is -0.327 e. The Hall–Kier alpha value is 0.310. The van der Waals surface area contributed by atoms with Crippen molar-refractivity contribution in [3.8, 4) is 0 Å². The first-order valence-corrected chi connectivity index (χ1v) is 7.22. The molecule has 0 bridgehead atoms. The van der Waals surface area contributed by atoms with E-state index in [-0.39, 0.29) is 0 Å². The van der Waals surface area contributed by atoms with Gasteiger partial charge in [-0.05, 0) is 42.6 Å². The van der Waals surface area contributed by atoms with Gasteiger partial charge in [0.2, 0.25) is 0 Å². The molecule has 84 valence electrons. The molecule has 0 aromatic carbocycles. The third-order valence-corrected chi connectivity index (χ3v) is 4.78. The second-order valence-electron chi connectivity index (χ2n) is 4.73. The number of thioether (sulfide) groups is 1. The van der Waals surface area contributed by atoms with Gasteiger partial charge < -0.3 is 5.73 Å². The maximum atomic E-state index is 6.04. The topological polar surface area (TPSA) is 26.0 Å². The Kier molecular flexibility index (Phi) is 5.95. The van der Waals surface area contributed by atoms with Crippen LogP contribution < -0.4 is 5.73 Å². The van der Waals surface area contributed by atoms with Gasteiger partial charge in [-0.1, -0.05) is 26.7 Å². The average molecular weight is 215 g/mol. The molecule has 0 saturated heterocycles. The summed E-state index contributed by atoms with van der Waals surface area (Å²) < 4.78 is 0. The second-order valence-corrected chi connectivity index (χ2v) is 5.88. The van der Waals surface area contributed by atoms with Crippen molar-refractivity contribution in [3.05, 3.63) is 0 Å². The summed E-state index contributed by atoms with van der Waals surface area (Å²) in [6.07, 6.45) is 6.67. The van der Waals surface area contributed by atoms with E-state index < -0.39 is 0 Å². The molecular weight excluding hydrogens is 190 g/mol. The smallest absolute Gasteiger partial charge is 0.00674 e. The molecule has 2 N–H and O–H groups in total. The lowest BCUT2D eigenvalue weighted by Gasteiger charge is -2.15. The first-order valence-electron chi connectivity index (χ1n) is 6.07. The zero-order chi connectivity index (χ0) is 10.4. The van der Waals surface area contributed by atoms with Crippen LogP contribution in [0.5, 0.6) is 0 Å². The van der Waals surface area contributed by atoms with E-state index in [0.717, 1.165) is 11.8 Å². The van der Waals surface area contributed by atoms with Crippen LogP contribution in [0.4, 0.5) is 0 Å². The van der Waals surface area contributed by atoms with Gasteiger partial charge in [-0.25, -0.2) is 0 Å². The van der Waals surface area contributed by atoms with Gasteiger partial charge in [-0.2, -0.15) is 11.8 Å². The Balaban J connectivity index is 1.98. The normalized spacial score (nSPS) is 29.4. The minimum atomic E-state index is 0.513. The Morgan fingerprint density at radius 2 is 2.21 bits per heavy atom. The Bertz CT molecular complexity index is 149. The molecule has 1 aliphatic rings. The molecule has 0 aromatic rings. The predicted octanol–water partition coefficient (Wildman–Crippen LogP) is 3.28. The van der Waals surface area contributed by atoms with Crippen molar-refractivity contribution < 1.29 is 0 Å². The molecule has 1 aliphatic carbocycles. The second kappa shape index (κ2) is 6.73. The van der Waals surface area contributed by atoms with Crippen LogP contribution in [0.3, 0.4) is 0 Å². The third-order valence-electron chi connectivity index (χ3n) is 3.45. The number of nitrogens with two attached hydrogens (primary N) is 1. The highest BCUT2D eigenvalue weighted by molar-refractivity contribution is 7.99. The summed E-state index contributed by atoms with van der Waals surface area (Å²) in [6.45, 7) is 4.62. The average Bonchev–Trinajstić information content (AvgIpc) is 2.58. The lowest BCUT2D eigenvalue weighted by molar-refractivity contribution is 0.470. The number of rotatable bonds is 6. The fourth-order valence-corrected chi connectivity index (χ4v) is 3.34. The molecule has 0 aliphatic heterocycles. The van der Waals surface area contributed by atoms with Gasteiger partial charge in [-0.15, -0.1) is 0 Å². The first-order chi connectivity index (χ1) is 6.74. The Labute approximate surface area is 93.2 Å². The van der Waals surface area contributed by atoms with E-state index in [1.54, 1.807) is 0 Å². The molecule has 1 nitrogen and oxygen atoms in total. The molecule has 0 aromatic heterocycles. The van der Waals surface area contributed by atoms with Crippen molar-refractivity contribution in [2.45, 2.75) is 52.0 Å². The predicted molar refractivity (Wildman–Crippen MR) is 66.7 cm³/mol. The molecule has 2 heteroatoms. The summed E-state index contributed by atoms with van der Waals surface area (Å²) in [5.41, 5.74) is 6.04. The summed E-state index contributed by atoms with van der Waals surface area (Å²) in [7, 11) is 0. The molecule has 0 radical (unpaired) electrons. The van der Waals surface area contributed by atoms with Crippen LogP contribution in [0.1, 0.15) is 46.0 Å². The van der Waals surface area contributed by atoms with E-state index in [4.69, 9.17) is 5.73 Å². The molecule has 1 fully saturated rings. The maximum absolute atomic E-state index is 6.04. The molecule has 1 saturated carbocycles. The van der Waals surface area contributed by atoms with Crippen molar-refractivity contribution in [1.82, 2.24) is 0 Å². The standard InChI is InChI=1S/C12H25NS/c1-3-10(2)9-14-8-7-11-5-4-6-12(11)13/h10-12H,3-9,13H2,1-2H3. The van der Waals surface area contributed by atoms with Crippen molar-refractivity contribution in [2.24, 2.45) is 17.6 Å². The fourth-order valence-electron chi connectivity index (χ4n) is 2.06. The molecule has 0 heterocycles. The Morgan fingerprint density at radius 3 is 2.79 bits per heavy atom. The molecule has 14 heavy (non-hydrogen) atoms. The van der Waals surface area contributed by atoms with Crippen molar-refractivity contribution in [3.63, 3.8) is 0 Å². The molecule has 3 atom stereocenters. The van der Waals surface area contributed by atoms with Crippen LogP contribution in [0.15, 0.2) is 0 Å². The van der Waals surface area contributed by atoms with Crippen LogP contribution >= 0.6 is 11.8 Å². The molecule has 0 spiro atoms. The van der Waals surface area contributed by atoms with Gasteiger partial charge in [0.05, 0.1) is 0 Å². The van der Waals surface area contributed by atoms with Gasteiger partial charge in [0.25, 0.3) is 0 Å². The van der Waals surface area contributed by atoms with E-state index in [1.807, 2.05) is 0 Å². The quantitative estimate of drug-likeness (QED) is 0.688. The van der Waals surface area contributed by atoms with Crippen molar-refractivity contribution in [2.75, 3.05) is 11.5 Å². The summed E-state index contributed by atoms with van der Waals surface area (Å²) >= 11 is 2.12. The van der Waals surface area contributed by atoms with Gasteiger partial charge in [-0.3, -0.25) is 0 Å². The largest absolute Gasteiger partial charge is 0.327 e. The summed E-state index contributed by atoms with van der Waals surface area (Å²) in [4.78, 5) is 0. The van der Waals surface area contributed by atoms with Gasteiger partial charge in [0, 0.05) is 6.04 Å². The highest BCUT2D eigenvalue weighted by Crippen LogP contribution is 2.28. The van der Waals surface area contributed by atoms with Crippen LogP contribution in [0.25, 0.3) is 0 Å². The van der Waals surface area contributed by atoms with E-state index in [9.17, 15) is 0 Å². The highest BCUT2D eigenvalue weighted by Gasteiger charge is 2.22. The molecular formula is C12H25NS. The SMILES string of the molecule is CCC(C)CSCCC1CCCC1N. The van der Waals surface area contributed by atoms with Gasteiger partial charge >= 0.3 is 0 Å². The minimum absolute atomic E-state index is 0.513. The van der Waals surface area contributed by atoms with Crippen LogP contribution in [0.2, 0.25) is 0 Å². The zero-order valence-electron chi connectivity index (χ0n) is 9.67. The summed E-state index contributed by atoms with van der Waals surface area (Å²) in [5, 5.41) is 0. The van der Waals surface area contributed by atoms with Crippen molar-refractivity contribution in [1.29, 1.82) is 0 Å². The maximum Gasteiger partial charge on any atom is 0.00674 e. The van der Waals surface area contributed by atoms with Crippen LogP contribution in [0, 0.1) is 11.8 Å². The van der Waals surface area contributed by atoms with Crippen LogP contribution in [-0.4, -0.2) is 17.5 Å². The molecule has 3 unspecified atom stereocenters. The van der Waals surface area contributed by atoms with Crippen molar-refractivity contribution >= 4 is 11.8 Å². The van der Waals surface area contributed by atoms with Gasteiger partial charge in [0.1, 0.15) is 0 Å². The number of hydrogen-bond acceptors (Lipinski definition) is 2. The van der Waals surface area contributed by atoms with E-state index in [2.05, 4.69) is 25.6 Å². The number of hydrogen-bond donors (Lipinski definition) is 1.